The Kier molecular flexibility index (Phi) is 4.53. The number of carbonyl (C=O) groups is 1. The Morgan fingerprint density at radius 1 is 1.15 bits per heavy atom. The van der Waals surface area contributed by atoms with Crippen molar-refractivity contribution in [2.75, 3.05) is 6.54 Å². The number of likely N-dealkylation sites (tertiary alicyclic amines) is 1. The summed E-state index contributed by atoms with van der Waals surface area (Å²) in [5.74, 6) is 0.0930. The molecule has 1 amide bonds. The average Bonchev–Trinajstić information content (AvgIpc) is 2.69. The Hall–Kier alpha value is -2.20. The minimum Gasteiger partial charge on any atom is -0.385 e. The van der Waals surface area contributed by atoms with Gasteiger partial charge in [-0.2, -0.15) is 0 Å². The number of nitrogens with zero attached hydrogens (tertiary/aromatic N) is 2. The van der Waals surface area contributed by atoms with Gasteiger partial charge in [0, 0.05) is 24.7 Å². The molecule has 4 rings (SSSR count). The number of hydrogen-bond acceptors (Lipinski definition) is 3. The molecule has 1 saturated carbocycles. The zero-order valence-electron chi connectivity index (χ0n) is 15.3. The number of pyridine rings is 1. The number of piperidine rings is 1. The summed E-state index contributed by atoms with van der Waals surface area (Å²) in [6.45, 7) is 2.50. The molecule has 26 heavy (non-hydrogen) atoms. The minimum absolute atomic E-state index is 0.00936. The zero-order valence-corrected chi connectivity index (χ0v) is 15.3. The first-order valence-corrected chi connectivity index (χ1v) is 9.62. The molecular formula is C22H26N2O2. The predicted molar refractivity (Wildman–Crippen MR) is 101 cm³/mol. The summed E-state index contributed by atoms with van der Waals surface area (Å²) < 4.78 is 0. The van der Waals surface area contributed by atoms with E-state index < -0.39 is 5.60 Å². The molecule has 4 nitrogen and oxygen atoms in total. The highest BCUT2D eigenvalue weighted by molar-refractivity contribution is 5.94. The van der Waals surface area contributed by atoms with Gasteiger partial charge in [-0.05, 0) is 43.4 Å². The van der Waals surface area contributed by atoms with Gasteiger partial charge in [-0.15, -0.1) is 0 Å². The molecule has 1 unspecified atom stereocenters. The summed E-state index contributed by atoms with van der Waals surface area (Å²) in [7, 11) is 0. The number of amides is 1. The number of aliphatic hydroxyl groups is 1. The van der Waals surface area contributed by atoms with E-state index >= 15 is 0 Å². The molecule has 1 aromatic heterocycles. The molecular weight excluding hydrogens is 324 g/mol. The fourth-order valence-electron chi connectivity index (χ4n) is 4.87. The van der Waals surface area contributed by atoms with Crippen molar-refractivity contribution in [3.8, 4) is 0 Å². The summed E-state index contributed by atoms with van der Waals surface area (Å²) in [4.78, 5) is 19.5. The molecule has 136 valence electrons. The van der Waals surface area contributed by atoms with E-state index in [9.17, 15) is 9.90 Å². The van der Waals surface area contributed by atoms with Crippen molar-refractivity contribution in [2.45, 2.75) is 50.7 Å². The number of aryl methyl sites for hydroxylation is 1. The van der Waals surface area contributed by atoms with E-state index in [1.807, 2.05) is 54.3 Å². The molecule has 2 aliphatic rings. The number of benzene rings is 1. The maximum Gasteiger partial charge on any atom is 0.272 e. The molecule has 1 saturated heterocycles. The lowest BCUT2D eigenvalue weighted by Gasteiger charge is -2.52. The molecule has 1 aromatic carbocycles. The summed E-state index contributed by atoms with van der Waals surface area (Å²) >= 11 is 0. The minimum atomic E-state index is -0.845. The van der Waals surface area contributed by atoms with Crippen LogP contribution in [0.3, 0.4) is 0 Å². The second-order valence-corrected chi connectivity index (χ2v) is 7.67. The van der Waals surface area contributed by atoms with Crippen molar-refractivity contribution in [2.24, 2.45) is 5.92 Å². The Bertz CT molecular complexity index is 792. The van der Waals surface area contributed by atoms with Gasteiger partial charge in [-0.1, -0.05) is 49.2 Å². The van der Waals surface area contributed by atoms with Crippen molar-refractivity contribution in [3.63, 3.8) is 0 Å². The first-order valence-electron chi connectivity index (χ1n) is 9.62. The van der Waals surface area contributed by atoms with E-state index in [0.29, 0.717) is 18.7 Å². The second-order valence-electron chi connectivity index (χ2n) is 7.67. The van der Waals surface area contributed by atoms with Gasteiger partial charge in [0.05, 0.1) is 5.60 Å². The van der Waals surface area contributed by atoms with Crippen LogP contribution in [0.25, 0.3) is 0 Å². The fraction of sp³-hybridized carbons (Fsp3) is 0.455. The monoisotopic (exact) mass is 350 g/mol. The topological polar surface area (TPSA) is 53.4 Å². The maximum atomic E-state index is 13.2. The van der Waals surface area contributed by atoms with E-state index in [2.05, 4.69) is 4.98 Å². The third-order valence-corrected chi connectivity index (χ3v) is 6.22. The third kappa shape index (κ3) is 2.82. The smallest absolute Gasteiger partial charge is 0.272 e. The highest BCUT2D eigenvalue weighted by Crippen LogP contribution is 2.47. The van der Waals surface area contributed by atoms with Gasteiger partial charge in [-0.3, -0.25) is 9.78 Å². The number of aromatic nitrogens is 1. The van der Waals surface area contributed by atoms with Gasteiger partial charge in [0.1, 0.15) is 5.69 Å². The van der Waals surface area contributed by atoms with Crippen molar-refractivity contribution in [1.29, 1.82) is 0 Å². The molecule has 1 aliphatic carbocycles. The number of carbonyl (C=O) groups excluding carboxylic acids is 1. The van der Waals surface area contributed by atoms with Crippen LogP contribution < -0.4 is 0 Å². The van der Waals surface area contributed by atoms with Crippen LogP contribution in [0.1, 0.15) is 53.7 Å². The van der Waals surface area contributed by atoms with Crippen LogP contribution in [0.5, 0.6) is 0 Å². The predicted octanol–water partition coefficient (Wildman–Crippen LogP) is 3.68. The number of fused-ring (bicyclic) bond motifs is 1. The van der Waals surface area contributed by atoms with Crippen LogP contribution in [0, 0.1) is 12.8 Å². The molecule has 3 atom stereocenters. The molecule has 4 heteroatoms. The molecule has 1 N–H and O–H groups in total. The van der Waals surface area contributed by atoms with E-state index in [1.54, 1.807) is 6.20 Å². The van der Waals surface area contributed by atoms with Gasteiger partial charge in [0.25, 0.3) is 5.91 Å². The normalized spacial score (nSPS) is 28.5. The van der Waals surface area contributed by atoms with Crippen LogP contribution in [-0.4, -0.2) is 33.5 Å². The lowest BCUT2D eigenvalue weighted by molar-refractivity contribution is -0.110. The zero-order chi connectivity index (χ0) is 18.1. The summed E-state index contributed by atoms with van der Waals surface area (Å²) in [6, 6.07) is 13.9. The van der Waals surface area contributed by atoms with Crippen molar-refractivity contribution >= 4 is 5.91 Å². The fourth-order valence-corrected chi connectivity index (χ4v) is 4.87. The third-order valence-electron chi connectivity index (χ3n) is 6.22. The van der Waals surface area contributed by atoms with Crippen LogP contribution in [0.15, 0.2) is 48.7 Å². The Morgan fingerprint density at radius 3 is 2.69 bits per heavy atom. The number of rotatable bonds is 2. The summed E-state index contributed by atoms with van der Waals surface area (Å²) in [5.41, 5.74) is 1.59. The molecule has 2 heterocycles. The largest absolute Gasteiger partial charge is 0.385 e. The molecule has 0 spiro atoms. The standard InChI is InChI=1S/C22H26N2O2/c1-16-8-7-14-23-20(16)21(25)24-15-13-22(26,17-9-3-2-4-10-17)18-11-5-6-12-19(18)24/h2-4,7-10,14,18-19,26H,5-6,11-13,15H2,1H3/t18-,19?,22-/m1/s1. The average molecular weight is 350 g/mol. The molecule has 0 radical (unpaired) electrons. The van der Waals surface area contributed by atoms with Crippen LogP contribution in [0.4, 0.5) is 0 Å². The van der Waals surface area contributed by atoms with Crippen molar-refractivity contribution < 1.29 is 9.90 Å². The van der Waals surface area contributed by atoms with Gasteiger partial charge in [0.15, 0.2) is 0 Å². The quantitative estimate of drug-likeness (QED) is 0.899. The van der Waals surface area contributed by atoms with Gasteiger partial charge in [0.2, 0.25) is 0 Å². The highest BCUT2D eigenvalue weighted by Gasteiger charge is 2.50. The van der Waals surface area contributed by atoms with Gasteiger partial charge < -0.3 is 10.0 Å². The van der Waals surface area contributed by atoms with E-state index in [4.69, 9.17) is 0 Å². The number of hydrogen-bond donors (Lipinski definition) is 1. The van der Waals surface area contributed by atoms with E-state index in [0.717, 1.165) is 36.8 Å². The lowest BCUT2D eigenvalue weighted by atomic mass is 9.66. The second kappa shape index (κ2) is 6.84. The van der Waals surface area contributed by atoms with E-state index in [-0.39, 0.29) is 17.9 Å². The Morgan fingerprint density at radius 2 is 1.92 bits per heavy atom. The van der Waals surface area contributed by atoms with Crippen molar-refractivity contribution in [3.05, 3.63) is 65.5 Å². The lowest BCUT2D eigenvalue weighted by Crippen LogP contribution is -2.59. The SMILES string of the molecule is Cc1cccnc1C(=O)N1CC[C@@](O)(c2ccccc2)[C@@H]2CCCCC21. The first kappa shape index (κ1) is 17.2. The van der Waals surface area contributed by atoms with Gasteiger partial charge in [-0.25, -0.2) is 0 Å². The highest BCUT2D eigenvalue weighted by atomic mass is 16.3. The van der Waals surface area contributed by atoms with Crippen LogP contribution >= 0.6 is 0 Å². The summed E-state index contributed by atoms with van der Waals surface area (Å²) in [6.07, 6.45) is 6.40. The molecule has 2 aromatic rings. The van der Waals surface area contributed by atoms with Crippen LogP contribution in [0.2, 0.25) is 0 Å². The molecule has 1 aliphatic heterocycles. The molecule has 0 bridgehead atoms. The molecule has 2 fully saturated rings. The van der Waals surface area contributed by atoms with Crippen molar-refractivity contribution in [1.82, 2.24) is 9.88 Å². The Labute approximate surface area is 154 Å². The van der Waals surface area contributed by atoms with Gasteiger partial charge >= 0.3 is 0 Å². The maximum absolute atomic E-state index is 13.2. The van der Waals surface area contributed by atoms with E-state index in [1.165, 1.54) is 0 Å². The first-order chi connectivity index (χ1) is 12.6. The van der Waals surface area contributed by atoms with Crippen LogP contribution in [-0.2, 0) is 5.60 Å². The Balaban J connectivity index is 1.67. The summed E-state index contributed by atoms with van der Waals surface area (Å²) in [5, 5.41) is 11.6.